The zero-order valence-corrected chi connectivity index (χ0v) is 15.1. The van der Waals surface area contributed by atoms with Gasteiger partial charge in [-0.25, -0.2) is 9.97 Å². The summed E-state index contributed by atoms with van der Waals surface area (Å²) >= 11 is 0. The molecule has 5 heteroatoms. The predicted octanol–water partition coefficient (Wildman–Crippen LogP) is 2.61. The first kappa shape index (κ1) is 17.3. The third-order valence-corrected chi connectivity index (χ3v) is 5.77. The molecule has 132 valence electrons. The summed E-state index contributed by atoms with van der Waals surface area (Å²) in [6.07, 6.45) is 9.87. The van der Waals surface area contributed by atoms with E-state index in [0.29, 0.717) is 11.8 Å². The van der Waals surface area contributed by atoms with Crippen LogP contribution >= 0.6 is 0 Å². The van der Waals surface area contributed by atoms with Gasteiger partial charge in [0.2, 0.25) is 5.91 Å². The number of hydrogen-bond donors (Lipinski definition) is 0. The second kappa shape index (κ2) is 8.06. The van der Waals surface area contributed by atoms with Crippen LogP contribution in [0.2, 0.25) is 0 Å². The number of carbonyl (C=O) groups excluding carboxylic acids is 1. The highest BCUT2D eigenvalue weighted by molar-refractivity contribution is 5.76. The van der Waals surface area contributed by atoms with Gasteiger partial charge in [-0.3, -0.25) is 4.79 Å². The number of likely N-dealkylation sites (tertiary alicyclic amines) is 2. The van der Waals surface area contributed by atoms with E-state index >= 15 is 0 Å². The van der Waals surface area contributed by atoms with Gasteiger partial charge in [-0.2, -0.15) is 0 Å². The molecule has 3 heterocycles. The van der Waals surface area contributed by atoms with E-state index in [1.807, 2.05) is 6.20 Å². The van der Waals surface area contributed by atoms with Crippen LogP contribution in [0.5, 0.6) is 0 Å². The molecule has 1 amide bonds. The van der Waals surface area contributed by atoms with Gasteiger partial charge in [-0.05, 0) is 70.6 Å². The largest absolute Gasteiger partial charge is 0.343 e. The van der Waals surface area contributed by atoms with Crippen molar-refractivity contribution in [3.63, 3.8) is 0 Å². The molecule has 0 spiro atoms. The average molecular weight is 330 g/mol. The molecule has 2 aliphatic rings. The van der Waals surface area contributed by atoms with E-state index in [9.17, 15) is 4.79 Å². The molecule has 2 saturated heterocycles. The molecule has 0 atom stereocenters. The molecule has 24 heavy (non-hydrogen) atoms. The number of hydrogen-bond acceptors (Lipinski definition) is 4. The van der Waals surface area contributed by atoms with Crippen molar-refractivity contribution in [3.8, 4) is 0 Å². The summed E-state index contributed by atoms with van der Waals surface area (Å²) in [4.78, 5) is 25.5. The summed E-state index contributed by atoms with van der Waals surface area (Å²) in [5.74, 6) is 1.57. The van der Waals surface area contributed by atoms with E-state index in [-0.39, 0.29) is 0 Å². The van der Waals surface area contributed by atoms with Gasteiger partial charge in [0, 0.05) is 37.3 Å². The Kier molecular flexibility index (Phi) is 5.82. The fraction of sp³-hybridized carbons (Fsp3) is 0.737. The Morgan fingerprint density at radius 3 is 2.54 bits per heavy atom. The molecule has 0 radical (unpaired) electrons. The normalized spacial score (nSPS) is 21.2. The van der Waals surface area contributed by atoms with E-state index in [4.69, 9.17) is 0 Å². The van der Waals surface area contributed by atoms with Crippen molar-refractivity contribution in [1.82, 2.24) is 19.8 Å². The standard InChI is InChI=1S/C19H30N4O/c1-15-13-20-14-21-19(15)17-7-11-23(12-8-17)18(24)4-3-16-5-9-22(2)10-6-16/h13-14,16-17H,3-12H2,1-2H3. The summed E-state index contributed by atoms with van der Waals surface area (Å²) in [5, 5.41) is 0. The van der Waals surface area contributed by atoms with Crippen LogP contribution in [0.15, 0.2) is 12.5 Å². The smallest absolute Gasteiger partial charge is 0.222 e. The Morgan fingerprint density at radius 2 is 1.88 bits per heavy atom. The molecule has 0 unspecified atom stereocenters. The molecular formula is C19H30N4O. The van der Waals surface area contributed by atoms with E-state index in [1.165, 1.54) is 37.2 Å². The van der Waals surface area contributed by atoms with Crippen LogP contribution in [0.4, 0.5) is 0 Å². The third-order valence-electron chi connectivity index (χ3n) is 5.77. The first-order valence-corrected chi connectivity index (χ1v) is 9.36. The van der Waals surface area contributed by atoms with Gasteiger partial charge >= 0.3 is 0 Å². The monoisotopic (exact) mass is 330 g/mol. The van der Waals surface area contributed by atoms with Crippen LogP contribution in [0.25, 0.3) is 0 Å². The molecule has 0 aromatic carbocycles. The zero-order chi connectivity index (χ0) is 16.9. The maximum Gasteiger partial charge on any atom is 0.222 e. The zero-order valence-electron chi connectivity index (χ0n) is 15.1. The minimum Gasteiger partial charge on any atom is -0.343 e. The number of carbonyl (C=O) groups is 1. The average Bonchev–Trinajstić information content (AvgIpc) is 2.61. The van der Waals surface area contributed by atoms with Crippen LogP contribution < -0.4 is 0 Å². The first-order chi connectivity index (χ1) is 11.6. The summed E-state index contributed by atoms with van der Waals surface area (Å²) in [6, 6.07) is 0. The van der Waals surface area contributed by atoms with Crippen LogP contribution in [0.1, 0.15) is 55.7 Å². The molecule has 3 rings (SSSR count). The van der Waals surface area contributed by atoms with E-state index in [1.54, 1.807) is 6.33 Å². The number of piperidine rings is 2. The summed E-state index contributed by atoms with van der Waals surface area (Å²) in [5.41, 5.74) is 2.34. The molecule has 0 aliphatic carbocycles. The second-order valence-corrected chi connectivity index (χ2v) is 7.53. The number of aromatic nitrogens is 2. The van der Waals surface area contributed by atoms with Crippen molar-refractivity contribution in [2.45, 2.75) is 51.4 Å². The molecule has 2 fully saturated rings. The minimum atomic E-state index is 0.354. The number of amides is 1. The maximum absolute atomic E-state index is 12.5. The Balaban J connectivity index is 1.43. The van der Waals surface area contributed by atoms with E-state index < -0.39 is 0 Å². The van der Waals surface area contributed by atoms with Crippen LogP contribution in [0, 0.1) is 12.8 Å². The Morgan fingerprint density at radius 1 is 1.17 bits per heavy atom. The second-order valence-electron chi connectivity index (χ2n) is 7.53. The SMILES string of the molecule is Cc1cncnc1C1CCN(C(=O)CCC2CCN(C)CC2)CC1. The number of aryl methyl sites for hydroxylation is 1. The van der Waals surface area contributed by atoms with Crippen molar-refractivity contribution >= 4 is 5.91 Å². The van der Waals surface area contributed by atoms with Gasteiger partial charge < -0.3 is 9.80 Å². The highest BCUT2D eigenvalue weighted by Crippen LogP contribution is 2.29. The van der Waals surface area contributed by atoms with E-state index in [0.717, 1.165) is 44.7 Å². The number of rotatable bonds is 4. The van der Waals surface area contributed by atoms with Gasteiger partial charge in [0.15, 0.2) is 0 Å². The molecule has 1 aromatic heterocycles. The Labute approximate surface area is 145 Å². The minimum absolute atomic E-state index is 0.354. The molecule has 0 N–H and O–H groups in total. The molecule has 1 aromatic rings. The first-order valence-electron chi connectivity index (χ1n) is 9.36. The van der Waals surface area contributed by atoms with Crippen LogP contribution in [-0.2, 0) is 4.79 Å². The number of nitrogens with zero attached hydrogens (tertiary/aromatic N) is 4. The van der Waals surface area contributed by atoms with Gasteiger partial charge in [0.05, 0.1) is 0 Å². The lowest BCUT2D eigenvalue weighted by Gasteiger charge is -2.33. The summed E-state index contributed by atoms with van der Waals surface area (Å²) in [7, 11) is 2.19. The van der Waals surface area contributed by atoms with Crippen molar-refractivity contribution in [2.75, 3.05) is 33.2 Å². The Hall–Kier alpha value is -1.49. The summed E-state index contributed by atoms with van der Waals surface area (Å²) in [6.45, 7) is 6.19. The van der Waals surface area contributed by atoms with Crippen molar-refractivity contribution in [1.29, 1.82) is 0 Å². The lowest BCUT2D eigenvalue weighted by molar-refractivity contribution is -0.132. The van der Waals surface area contributed by atoms with E-state index in [2.05, 4.69) is 33.7 Å². The van der Waals surface area contributed by atoms with Gasteiger partial charge in [-0.15, -0.1) is 0 Å². The van der Waals surface area contributed by atoms with Crippen molar-refractivity contribution in [3.05, 3.63) is 23.8 Å². The quantitative estimate of drug-likeness (QED) is 0.851. The highest BCUT2D eigenvalue weighted by Gasteiger charge is 2.26. The summed E-state index contributed by atoms with van der Waals surface area (Å²) < 4.78 is 0. The molecule has 2 aliphatic heterocycles. The lowest BCUT2D eigenvalue weighted by atomic mass is 9.90. The van der Waals surface area contributed by atoms with Crippen LogP contribution in [-0.4, -0.2) is 58.9 Å². The highest BCUT2D eigenvalue weighted by atomic mass is 16.2. The lowest BCUT2D eigenvalue weighted by Crippen LogP contribution is -2.38. The fourth-order valence-corrected chi connectivity index (χ4v) is 4.07. The molecular weight excluding hydrogens is 300 g/mol. The topological polar surface area (TPSA) is 49.3 Å². The van der Waals surface area contributed by atoms with Crippen LogP contribution in [0.3, 0.4) is 0 Å². The molecule has 0 saturated carbocycles. The molecule has 0 bridgehead atoms. The van der Waals surface area contributed by atoms with Gasteiger partial charge in [-0.1, -0.05) is 0 Å². The van der Waals surface area contributed by atoms with Gasteiger partial charge in [0.25, 0.3) is 0 Å². The maximum atomic E-state index is 12.5. The Bertz CT molecular complexity index is 546. The van der Waals surface area contributed by atoms with Crippen molar-refractivity contribution < 1.29 is 4.79 Å². The predicted molar refractivity (Wildman–Crippen MR) is 94.8 cm³/mol. The van der Waals surface area contributed by atoms with Gasteiger partial charge in [0.1, 0.15) is 6.33 Å². The van der Waals surface area contributed by atoms with Crippen molar-refractivity contribution in [2.24, 2.45) is 5.92 Å². The third kappa shape index (κ3) is 4.32. The fourth-order valence-electron chi connectivity index (χ4n) is 4.07. The molecule has 5 nitrogen and oxygen atoms in total.